The molecule has 1 N–H and O–H groups in total. The summed E-state index contributed by atoms with van der Waals surface area (Å²) in [4.78, 5) is 12.2. The molecule has 0 radical (unpaired) electrons. The van der Waals surface area contributed by atoms with Crippen molar-refractivity contribution in [2.75, 3.05) is 13.6 Å². The lowest BCUT2D eigenvalue weighted by Gasteiger charge is -2.24. The van der Waals surface area contributed by atoms with Crippen LogP contribution in [0.15, 0.2) is 24.3 Å². The quantitative estimate of drug-likeness (QED) is 0.504. The van der Waals surface area contributed by atoms with Crippen molar-refractivity contribution in [2.24, 2.45) is 0 Å². The van der Waals surface area contributed by atoms with Gasteiger partial charge in [-0.3, -0.25) is 10.1 Å². The summed E-state index contributed by atoms with van der Waals surface area (Å²) >= 11 is 5.22. The van der Waals surface area contributed by atoms with E-state index in [1.807, 2.05) is 4.90 Å². The maximum absolute atomic E-state index is 10.6. The highest BCUT2D eigenvalue weighted by atomic mass is 32.1. The van der Waals surface area contributed by atoms with Crippen LogP contribution >= 0.6 is 12.2 Å². The predicted octanol–water partition coefficient (Wildman–Crippen LogP) is 2.31. The Morgan fingerprint density at radius 2 is 2.06 bits per heavy atom. The van der Waals surface area contributed by atoms with Crippen molar-refractivity contribution in [2.45, 2.75) is 19.9 Å². The third-order valence-electron chi connectivity index (χ3n) is 2.52. The van der Waals surface area contributed by atoms with E-state index in [0.717, 1.165) is 18.5 Å². The Morgan fingerprint density at radius 3 is 2.50 bits per heavy atom. The second-order valence-electron chi connectivity index (χ2n) is 3.90. The van der Waals surface area contributed by atoms with Crippen LogP contribution in [0.1, 0.15) is 18.9 Å². The summed E-state index contributed by atoms with van der Waals surface area (Å²) in [5, 5.41) is 14.2. The molecule has 1 aromatic carbocycles. The number of hydrogen-bond donors (Lipinski definition) is 1. The monoisotopic (exact) mass is 267 g/mol. The van der Waals surface area contributed by atoms with Gasteiger partial charge in [-0.15, -0.1) is 0 Å². The highest BCUT2D eigenvalue weighted by Crippen LogP contribution is 2.13. The zero-order valence-electron chi connectivity index (χ0n) is 10.5. The van der Waals surface area contributed by atoms with Gasteiger partial charge in [0, 0.05) is 32.3 Å². The summed E-state index contributed by atoms with van der Waals surface area (Å²) in [6, 6.07) is 6.56. The lowest BCUT2D eigenvalue weighted by molar-refractivity contribution is -0.384. The van der Waals surface area contributed by atoms with Crippen LogP contribution in [0, 0.1) is 10.1 Å². The van der Waals surface area contributed by atoms with Gasteiger partial charge in [-0.2, -0.15) is 0 Å². The molecule has 98 valence electrons. The molecule has 0 heterocycles. The van der Waals surface area contributed by atoms with E-state index in [4.69, 9.17) is 12.2 Å². The molecule has 0 aliphatic heterocycles. The average Bonchev–Trinajstić information content (AvgIpc) is 2.38. The van der Waals surface area contributed by atoms with Gasteiger partial charge < -0.3 is 10.2 Å². The third-order valence-corrected chi connectivity index (χ3v) is 2.98. The van der Waals surface area contributed by atoms with E-state index in [9.17, 15) is 10.1 Å². The maximum Gasteiger partial charge on any atom is 0.269 e. The number of thiocarbonyl (C=S) groups is 1. The van der Waals surface area contributed by atoms with Gasteiger partial charge in [0.05, 0.1) is 4.92 Å². The van der Waals surface area contributed by atoms with E-state index < -0.39 is 4.92 Å². The number of benzene rings is 1. The molecule has 0 unspecified atom stereocenters. The first kappa shape index (κ1) is 14.4. The topological polar surface area (TPSA) is 58.4 Å². The van der Waals surface area contributed by atoms with Crippen LogP contribution in [-0.4, -0.2) is 28.5 Å². The number of nitrogens with zero attached hydrogens (tertiary/aromatic N) is 2. The van der Waals surface area contributed by atoms with Crippen LogP contribution in [0.3, 0.4) is 0 Å². The van der Waals surface area contributed by atoms with E-state index in [-0.39, 0.29) is 5.69 Å². The van der Waals surface area contributed by atoms with Crippen LogP contribution < -0.4 is 5.32 Å². The largest absolute Gasteiger partial charge is 0.366 e. The van der Waals surface area contributed by atoms with Crippen molar-refractivity contribution in [1.82, 2.24) is 10.2 Å². The molecule has 0 amide bonds. The van der Waals surface area contributed by atoms with Crippen molar-refractivity contribution in [3.63, 3.8) is 0 Å². The van der Waals surface area contributed by atoms with E-state index in [0.29, 0.717) is 11.7 Å². The average molecular weight is 267 g/mol. The minimum atomic E-state index is -0.397. The van der Waals surface area contributed by atoms with Crippen LogP contribution in [0.25, 0.3) is 0 Å². The van der Waals surface area contributed by atoms with Crippen molar-refractivity contribution in [1.29, 1.82) is 0 Å². The van der Waals surface area contributed by atoms with Crippen LogP contribution in [0.5, 0.6) is 0 Å². The molecule has 0 aliphatic carbocycles. The number of hydrogen-bond acceptors (Lipinski definition) is 3. The highest BCUT2D eigenvalue weighted by molar-refractivity contribution is 7.80. The van der Waals surface area contributed by atoms with Gasteiger partial charge in [0.1, 0.15) is 0 Å². The van der Waals surface area contributed by atoms with Gasteiger partial charge in [-0.25, -0.2) is 0 Å². The van der Waals surface area contributed by atoms with Crippen molar-refractivity contribution in [3.05, 3.63) is 39.9 Å². The molecule has 0 atom stereocenters. The van der Waals surface area contributed by atoms with Gasteiger partial charge in [-0.05, 0) is 24.2 Å². The Bertz CT molecular complexity index is 420. The second kappa shape index (κ2) is 6.90. The van der Waals surface area contributed by atoms with Gasteiger partial charge in [0.15, 0.2) is 5.11 Å². The van der Waals surface area contributed by atoms with Gasteiger partial charge in [-0.1, -0.05) is 19.1 Å². The van der Waals surface area contributed by atoms with E-state index in [1.54, 1.807) is 19.2 Å². The first-order chi connectivity index (χ1) is 8.58. The molecule has 1 aromatic rings. The number of nitrogens with one attached hydrogen (secondary N) is 1. The summed E-state index contributed by atoms with van der Waals surface area (Å²) in [5.41, 5.74) is 1.11. The zero-order chi connectivity index (χ0) is 13.5. The first-order valence-electron chi connectivity index (χ1n) is 5.78. The van der Waals surface area contributed by atoms with Crippen LogP contribution in [-0.2, 0) is 6.54 Å². The normalized spacial score (nSPS) is 9.89. The summed E-state index contributed by atoms with van der Waals surface area (Å²) in [6.07, 6.45) is 0.995. The SMILES string of the molecule is CCCN(Cc1ccc([N+](=O)[O-])cc1)C(=S)NC. The fourth-order valence-electron chi connectivity index (χ4n) is 1.62. The molecular formula is C12H17N3O2S. The summed E-state index contributed by atoms with van der Waals surface area (Å²) in [6.45, 7) is 3.60. The van der Waals surface area contributed by atoms with E-state index >= 15 is 0 Å². The van der Waals surface area contributed by atoms with Crippen molar-refractivity contribution >= 4 is 23.0 Å². The molecule has 18 heavy (non-hydrogen) atoms. The smallest absolute Gasteiger partial charge is 0.269 e. The Kier molecular flexibility index (Phi) is 5.51. The molecule has 1 rings (SSSR count). The zero-order valence-corrected chi connectivity index (χ0v) is 11.4. The fraction of sp³-hybridized carbons (Fsp3) is 0.417. The predicted molar refractivity (Wildman–Crippen MR) is 75.5 cm³/mol. The molecular weight excluding hydrogens is 250 g/mol. The van der Waals surface area contributed by atoms with Crippen molar-refractivity contribution in [3.8, 4) is 0 Å². The maximum atomic E-state index is 10.6. The van der Waals surface area contributed by atoms with E-state index in [1.165, 1.54) is 12.1 Å². The van der Waals surface area contributed by atoms with Crippen molar-refractivity contribution < 1.29 is 4.92 Å². The molecule has 0 saturated carbocycles. The minimum Gasteiger partial charge on any atom is -0.366 e. The standard InChI is InChI=1S/C12H17N3O2S/c1-3-8-14(12(18)13-2)9-10-4-6-11(7-5-10)15(16)17/h4-7H,3,8-9H2,1-2H3,(H,13,18). The third kappa shape index (κ3) is 3.96. The second-order valence-corrected chi connectivity index (χ2v) is 4.29. The highest BCUT2D eigenvalue weighted by Gasteiger charge is 2.09. The molecule has 6 heteroatoms. The van der Waals surface area contributed by atoms with Gasteiger partial charge in [0.25, 0.3) is 5.69 Å². The first-order valence-corrected chi connectivity index (χ1v) is 6.19. The van der Waals surface area contributed by atoms with Gasteiger partial charge in [0.2, 0.25) is 0 Å². The Morgan fingerprint density at radius 1 is 1.44 bits per heavy atom. The number of non-ortho nitro benzene ring substituents is 1. The summed E-state index contributed by atoms with van der Waals surface area (Å²) < 4.78 is 0. The lowest BCUT2D eigenvalue weighted by Crippen LogP contribution is -2.37. The Balaban J connectivity index is 2.74. The number of nitro benzene ring substituents is 1. The molecule has 0 aromatic heterocycles. The minimum absolute atomic E-state index is 0.108. The molecule has 0 saturated heterocycles. The number of nitro groups is 1. The molecule has 0 bridgehead atoms. The number of rotatable bonds is 5. The Labute approximate surface area is 112 Å². The van der Waals surface area contributed by atoms with Crippen LogP contribution in [0.4, 0.5) is 5.69 Å². The van der Waals surface area contributed by atoms with Gasteiger partial charge >= 0.3 is 0 Å². The summed E-state index contributed by atoms with van der Waals surface area (Å²) in [7, 11) is 1.79. The lowest BCUT2D eigenvalue weighted by atomic mass is 10.2. The fourth-order valence-corrected chi connectivity index (χ4v) is 1.78. The Hall–Kier alpha value is -1.69. The summed E-state index contributed by atoms with van der Waals surface area (Å²) in [5.74, 6) is 0. The molecule has 5 nitrogen and oxygen atoms in total. The van der Waals surface area contributed by atoms with E-state index in [2.05, 4.69) is 12.2 Å². The molecule has 0 aliphatic rings. The van der Waals surface area contributed by atoms with Crippen LogP contribution in [0.2, 0.25) is 0 Å². The molecule has 0 spiro atoms. The molecule has 0 fully saturated rings.